The molecule has 0 fully saturated rings. The Morgan fingerprint density at radius 3 is 2.57 bits per heavy atom. The maximum atomic E-state index is 12.2. The summed E-state index contributed by atoms with van der Waals surface area (Å²) in [5.74, 6) is -2.68. The van der Waals surface area contributed by atoms with E-state index in [4.69, 9.17) is 0 Å². The van der Waals surface area contributed by atoms with E-state index in [0.29, 0.717) is 16.7 Å². The average Bonchev–Trinajstić information content (AvgIpc) is 2.53. The molecule has 1 aromatic carbocycles. The summed E-state index contributed by atoms with van der Waals surface area (Å²) >= 11 is 0.475. The second kappa shape index (κ2) is 7.68. The summed E-state index contributed by atoms with van der Waals surface area (Å²) in [5, 5.41) is 2.35. The Balaban J connectivity index is 2.12. The Labute approximate surface area is 134 Å². The van der Waals surface area contributed by atoms with E-state index in [2.05, 4.69) is 15.3 Å². The van der Waals surface area contributed by atoms with Crippen molar-refractivity contribution in [2.24, 2.45) is 0 Å². The van der Waals surface area contributed by atoms with Gasteiger partial charge in [0.2, 0.25) is 0 Å². The highest BCUT2D eigenvalue weighted by atomic mass is 32.2. The summed E-state index contributed by atoms with van der Waals surface area (Å²) < 4.78 is 24.4. The van der Waals surface area contributed by atoms with Crippen LogP contribution in [0.5, 0.6) is 0 Å². The number of halogens is 2. The number of thioether (sulfide) groups is 1. The van der Waals surface area contributed by atoms with E-state index in [1.165, 1.54) is 13.2 Å². The van der Waals surface area contributed by atoms with Gasteiger partial charge < -0.3 is 10.3 Å². The molecule has 23 heavy (non-hydrogen) atoms. The third-order valence-corrected chi connectivity index (χ3v) is 3.55. The van der Waals surface area contributed by atoms with Crippen LogP contribution in [0.2, 0.25) is 0 Å². The maximum Gasteiger partial charge on any atom is 0.288 e. The first kappa shape index (κ1) is 16.9. The Morgan fingerprint density at radius 1 is 1.30 bits per heavy atom. The van der Waals surface area contributed by atoms with Crippen LogP contribution >= 0.6 is 11.8 Å². The van der Waals surface area contributed by atoms with Crippen molar-refractivity contribution in [1.82, 2.24) is 15.3 Å². The molecule has 0 saturated heterocycles. The number of carbonyl (C=O) groups excluding carboxylic acids is 1. The minimum atomic E-state index is -2.45. The van der Waals surface area contributed by atoms with Gasteiger partial charge in [-0.2, -0.15) is 8.78 Å². The van der Waals surface area contributed by atoms with Crippen molar-refractivity contribution in [3.8, 4) is 0 Å². The van der Waals surface area contributed by atoms with Crippen LogP contribution < -0.4 is 10.9 Å². The summed E-state index contributed by atoms with van der Waals surface area (Å²) in [5.41, 5.74) is 0.155. The van der Waals surface area contributed by atoms with E-state index in [9.17, 15) is 18.4 Å². The molecule has 0 saturated carbocycles. The molecule has 0 unspecified atom stereocenters. The van der Waals surface area contributed by atoms with Crippen LogP contribution in [0.15, 0.2) is 40.2 Å². The molecule has 1 aromatic heterocycles. The second-order valence-electron chi connectivity index (χ2n) is 4.37. The van der Waals surface area contributed by atoms with Gasteiger partial charge >= 0.3 is 0 Å². The van der Waals surface area contributed by atoms with Gasteiger partial charge in [-0.3, -0.25) is 9.59 Å². The lowest BCUT2D eigenvalue weighted by Crippen LogP contribution is -2.27. The zero-order valence-corrected chi connectivity index (χ0v) is 12.9. The molecular formula is C15H13F2N3O2S. The van der Waals surface area contributed by atoms with Gasteiger partial charge in [0.1, 0.15) is 11.4 Å². The molecule has 1 heterocycles. The number of nitrogens with zero attached hydrogens (tertiary/aromatic N) is 1. The Kier molecular flexibility index (Phi) is 5.64. The molecule has 0 aliphatic heterocycles. The fourth-order valence-electron chi connectivity index (χ4n) is 1.73. The normalized spacial score (nSPS) is 11.1. The SMILES string of the molecule is CNC(=O)c1cnc(/C=C/c2ccc(SC(F)F)cc2)[nH]c1=O. The van der Waals surface area contributed by atoms with Gasteiger partial charge in [0.15, 0.2) is 0 Å². The number of carbonyl (C=O) groups is 1. The molecule has 0 bridgehead atoms. The van der Waals surface area contributed by atoms with Gasteiger partial charge in [-0.25, -0.2) is 4.98 Å². The van der Waals surface area contributed by atoms with Crippen LogP contribution in [-0.4, -0.2) is 28.7 Å². The van der Waals surface area contributed by atoms with Crippen LogP contribution in [0.25, 0.3) is 12.2 Å². The second-order valence-corrected chi connectivity index (χ2v) is 5.43. The number of nitrogens with one attached hydrogen (secondary N) is 2. The first-order valence-corrected chi connectivity index (χ1v) is 7.42. The van der Waals surface area contributed by atoms with Gasteiger partial charge in [0, 0.05) is 18.1 Å². The molecule has 2 rings (SSSR count). The van der Waals surface area contributed by atoms with Gasteiger partial charge in [-0.05, 0) is 23.8 Å². The van der Waals surface area contributed by atoms with Crippen molar-refractivity contribution in [3.63, 3.8) is 0 Å². The quantitative estimate of drug-likeness (QED) is 0.823. The van der Waals surface area contributed by atoms with Crippen LogP contribution in [0.4, 0.5) is 8.78 Å². The Morgan fingerprint density at radius 2 is 2.00 bits per heavy atom. The largest absolute Gasteiger partial charge is 0.355 e. The fraction of sp³-hybridized carbons (Fsp3) is 0.133. The smallest absolute Gasteiger partial charge is 0.288 e. The minimum absolute atomic E-state index is 0.0713. The lowest BCUT2D eigenvalue weighted by atomic mass is 10.2. The number of rotatable bonds is 5. The monoisotopic (exact) mass is 337 g/mol. The third-order valence-electron chi connectivity index (χ3n) is 2.83. The summed E-state index contributed by atoms with van der Waals surface area (Å²) in [7, 11) is 1.42. The molecule has 0 atom stereocenters. The van der Waals surface area contributed by atoms with Crippen LogP contribution in [0, 0.1) is 0 Å². The number of alkyl halides is 2. The van der Waals surface area contributed by atoms with E-state index in [1.807, 2.05) is 0 Å². The fourth-order valence-corrected chi connectivity index (χ4v) is 2.22. The summed E-state index contributed by atoms with van der Waals surface area (Å²) in [4.78, 5) is 30.0. The zero-order valence-electron chi connectivity index (χ0n) is 12.0. The predicted octanol–water partition coefficient (Wildman–Crippen LogP) is 2.61. The van der Waals surface area contributed by atoms with Crippen molar-refractivity contribution in [3.05, 3.63) is 57.8 Å². The van der Waals surface area contributed by atoms with Crippen molar-refractivity contribution in [2.75, 3.05) is 7.05 Å². The van der Waals surface area contributed by atoms with E-state index < -0.39 is 17.2 Å². The van der Waals surface area contributed by atoms with E-state index in [0.717, 1.165) is 5.56 Å². The zero-order chi connectivity index (χ0) is 16.8. The first-order chi connectivity index (χ1) is 11.0. The molecule has 8 heteroatoms. The molecule has 0 aliphatic rings. The summed E-state index contributed by atoms with van der Waals surface area (Å²) in [6, 6.07) is 6.53. The van der Waals surface area contributed by atoms with Crippen molar-refractivity contribution in [1.29, 1.82) is 0 Å². The molecule has 2 N–H and O–H groups in total. The number of amides is 1. The molecule has 120 valence electrons. The van der Waals surface area contributed by atoms with Crippen LogP contribution in [-0.2, 0) is 0 Å². The number of benzene rings is 1. The minimum Gasteiger partial charge on any atom is -0.355 e. The van der Waals surface area contributed by atoms with Crippen LogP contribution in [0.1, 0.15) is 21.7 Å². The van der Waals surface area contributed by atoms with Gasteiger partial charge in [-0.1, -0.05) is 30.0 Å². The van der Waals surface area contributed by atoms with E-state index in [1.54, 1.807) is 36.4 Å². The topological polar surface area (TPSA) is 74.8 Å². The molecule has 0 spiro atoms. The molecule has 2 aromatic rings. The van der Waals surface area contributed by atoms with Crippen molar-refractivity contribution >= 4 is 29.8 Å². The number of H-pyrrole nitrogens is 1. The lowest BCUT2D eigenvalue weighted by molar-refractivity contribution is 0.0961. The van der Waals surface area contributed by atoms with Gasteiger partial charge in [0.25, 0.3) is 17.2 Å². The Bertz CT molecular complexity index is 773. The number of aromatic amines is 1. The summed E-state index contributed by atoms with van der Waals surface area (Å²) in [6.07, 6.45) is 4.43. The van der Waals surface area contributed by atoms with E-state index in [-0.39, 0.29) is 11.4 Å². The molecular weight excluding hydrogens is 324 g/mol. The van der Waals surface area contributed by atoms with Crippen molar-refractivity contribution < 1.29 is 13.6 Å². The molecule has 0 aliphatic carbocycles. The highest BCUT2D eigenvalue weighted by Gasteiger charge is 2.08. The van der Waals surface area contributed by atoms with Gasteiger partial charge in [0.05, 0.1) is 0 Å². The highest BCUT2D eigenvalue weighted by Crippen LogP contribution is 2.25. The number of hydrogen-bond donors (Lipinski definition) is 2. The standard InChI is InChI=1S/C15H13F2N3O2S/c1-18-13(21)11-8-19-12(20-14(11)22)7-4-9-2-5-10(6-3-9)23-15(16)17/h2-8,15H,1H3,(H,18,21)(H,19,20,22)/b7-4+. The molecule has 0 radical (unpaired) electrons. The Hall–Kier alpha value is -2.48. The highest BCUT2D eigenvalue weighted by molar-refractivity contribution is 7.99. The lowest BCUT2D eigenvalue weighted by Gasteiger charge is -2.01. The summed E-state index contributed by atoms with van der Waals surface area (Å²) in [6.45, 7) is 0. The number of aromatic nitrogens is 2. The molecule has 5 nitrogen and oxygen atoms in total. The van der Waals surface area contributed by atoms with Crippen LogP contribution in [0.3, 0.4) is 0 Å². The van der Waals surface area contributed by atoms with E-state index >= 15 is 0 Å². The maximum absolute atomic E-state index is 12.2. The first-order valence-electron chi connectivity index (χ1n) is 6.54. The predicted molar refractivity (Wildman–Crippen MR) is 85.5 cm³/mol. The van der Waals surface area contributed by atoms with Crippen molar-refractivity contribution in [2.45, 2.75) is 10.7 Å². The van der Waals surface area contributed by atoms with Gasteiger partial charge in [-0.15, -0.1) is 0 Å². The molecule has 1 amide bonds. The third kappa shape index (κ3) is 4.75. The average molecular weight is 337 g/mol. The number of hydrogen-bond acceptors (Lipinski definition) is 4.